The van der Waals surface area contributed by atoms with Crippen LogP contribution in [0.2, 0.25) is 0 Å². The summed E-state index contributed by atoms with van der Waals surface area (Å²) in [6.07, 6.45) is 1.07. The van der Waals surface area contributed by atoms with Gasteiger partial charge in [0.15, 0.2) is 5.96 Å². The lowest BCUT2D eigenvalue weighted by Crippen LogP contribution is -2.36. The molecule has 0 heterocycles. The molecule has 21 heavy (non-hydrogen) atoms. The van der Waals surface area contributed by atoms with E-state index in [4.69, 9.17) is 16.2 Å². The highest BCUT2D eigenvalue weighted by atomic mass is 16.5. The van der Waals surface area contributed by atoms with E-state index >= 15 is 0 Å². The number of nitrogens with one attached hydrogen (secondary N) is 1. The van der Waals surface area contributed by atoms with Crippen LogP contribution in [0, 0.1) is 0 Å². The zero-order valence-electron chi connectivity index (χ0n) is 11.7. The molecule has 114 valence electrons. The van der Waals surface area contributed by atoms with E-state index in [1.54, 1.807) is 0 Å². The Hall–Kier alpha value is -2.57. The van der Waals surface area contributed by atoms with E-state index in [2.05, 4.69) is 10.3 Å². The fraction of sp³-hybridized carbons (Fsp3) is 0.357. The highest BCUT2D eigenvalue weighted by Gasteiger charge is 2.11. The van der Waals surface area contributed by atoms with Crippen LogP contribution >= 0.6 is 0 Å². The average Bonchev–Trinajstić information content (AvgIpc) is 2.49. The van der Waals surface area contributed by atoms with Crippen LogP contribution in [0.25, 0.3) is 0 Å². The molecule has 0 bridgehead atoms. The van der Waals surface area contributed by atoms with E-state index in [9.17, 15) is 9.59 Å². The van der Waals surface area contributed by atoms with Gasteiger partial charge in [-0.1, -0.05) is 30.3 Å². The zero-order valence-corrected chi connectivity index (χ0v) is 11.7. The molecule has 5 N–H and O–H groups in total. The first-order valence-electron chi connectivity index (χ1n) is 6.59. The second-order valence-electron chi connectivity index (χ2n) is 4.40. The van der Waals surface area contributed by atoms with Crippen molar-refractivity contribution in [3.05, 3.63) is 35.9 Å². The molecule has 0 saturated heterocycles. The van der Waals surface area contributed by atoms with Crippen LogP contribution in [0.3, 0.4) is 0 Å². The summed E-state index contributed by atoms with van der Waals surface area (Å²) in [7, 11) is 0. The van der Waals surface area contributed by atoms with Gasteiger partial charge in [0.1, 0.15) is 12.9 Å². The third kappa shape index (κ3) is 7.56. The number of alkyl carbamates (subject to hydrolysis) is 1. The van der Waals surface area contributed by atoms with Gasteiger partial charge in [-0.25, -0.2) is 4.79 Å². The highest BCUT2D eigenvalue weighted by Crippen LogP contribution is 2.01. The Morgan fingerprint density at radius 3 is 2.67 bits per heavy atom. The van der Waals surface area contributed by atoms with Crippen LogP contribution in [0.1, 0.15) is 18.4 Å². The number of hydrogen-bond acceptors (Lipinski definition) is 4. The normalized spacial score (nSPS) is 11.2. The third-order valence-corrected chi connectivity index (χ3v) is 2.65. The average molecular weight is 292 g/mol. The number of rotatable bonds is 8. The molecule has 0 aliphatic rings. The number of aldehydes is 1. The molecule has 7 nitrogen and oxygen atoms in total. The zero-order chi connectivity index (χ0) is 15.5. The monoisotopic (exact) mass is 292 g/mol. The van der Waals surface area contributed by atoms with Crippen molar-refractivity contribution >= 4 is 18.3 Å². The molecule has 1 aromatic rings. The molecule has 1 aromatic carbocycles. The summed E-state index contributed by atoms with van der Waals surface area (Å²) in [6.45, 7) is 0.569. The number of guanidine groups is 1. The van der Waals surface area contributed by atoms with Crippen LogP contribution < -0.4 is 16.8 Å². The van der Waals surface area contributed by atoms with Gasteiger partial charge in [0.25, 0.3) is 0 Å². The quantitative estimate of drug-likeness (QED) is 0.279. The fourth-order valence-corrected chi connectivity index (χ4v) is 1.61. The number of aliphatic imine (C=N–C) groups is 1. The number of benzene rings is 1. The predicted octanol–water partition coefficient (Wildman–Crippen LogP) is 0.534. The third-order valence-electron chi connectivity index (χ3n) is 2.65. The second-order valence-corrected chi connectivity index (χ2v) is 4.40. The minimum absolute atomic E-state index is 0.00730. The molecule has 0 aliphatic carbocycles. The van der Waals surface area contributed by atoms with Crippen LogP contribution in [-0.4, -0.2) is 30.9 Å². The van der Waals surface area contributed by atoms with Gasteiger partial charge in [-0.3, -0.25) is 4.99 Å². The molecule has 7 heteroatoms. The second kappa shape index (κ2) is 9.35. The van der Waals surface area contributed by atoms with Gasteiger partial charge in [-0.05, 0) is 18.4 Å². The highest BCUT2D eigenvalue weighted by molar-refractivity contribution is 5.75. The summed E-state index contributed by atoms with van der Waals surface area (Å²) < 4.78 is 5.03. The lowest BCUT2D eigenvalue weighted by Gasteiger charge is -2.12. The number of carbonyl (C=O) groups is 2. The van der Waals surface area contributed by atoms with Gasteiger partial charge in [0.2, 0.25) is 0 Å². The molecule has 0 aromatic heterocycles. The lowest BCUT2D eigenvalue weighted by atomic mass is 10.2. The van der Waals surface area contributed by atoms with E-state index in [0.29, 0.717) is 25.7 Å². The van der Waals surface area contributed by atoms with Crippen LogP contribution in [-0.2, 0) is 16.1 Å². The maximum atomic E-state index is 11.6. The summed E-state index contributed by atoms with van der Waals surface area (Å²) in [5.41, 5.74) is 11.2. The first-order chi connectivity index (χ1) is 10.1. The summed E-state index contributed by atoms with van der Waals surface area (Å²) in [5.74, 6) is 0.00730. The van der Waals surface area contributed by atoms with E-state index in [1.807, 2.05) is 30.3 Å². The number of hydrogen-bond donors (Lipinski definition) is 3. The molecule has 0 aliphatic heterocycles. The number of nitrogens with two attached hydrogens (primary N) is 2. The van der Waals surface area contributed by atoms with Crippen LogP contribution in [0.15, 0.2) is 35.3 Å². The Kier molecular flexibility index (Phi) is 7.34. The molecule has 0 saturated carbocycles. The van der Waals surface area contributed by atoms with Crippen molar-refractivity contribution < 1.29 is 14.3 Å². The molecular weight excluding hydrogens is 272 g/mol. The van der Waals surface area contributed by atoms with E-state index < -0.39 is 12.1 Å². The van der Waals surface area contributed by atoms with Gasteiger partial charge in [-0.2, -0.15) is 0 Å². The number of amides is 1. The smallest absolute Gasteiger partial charge is 0.408 e. The molecule has 1 rings (SSSR count). The molecule has 1 amide bonds. The van der Waals surface area contributed by atoms with E-state index in [0.717, 1.165) is 5.56 Å². The number of ether oxygens (including phenoxy) is 1. The Labute approximate surface area is 123 Å². The molecule has 0 unspecified atom stereocenters. The fourth-order valence-electron chi connectivity index (χ4n) is 1.61. The maximum absolute atomic E-state index is 11.6. The van der Waals surface area contributed by atoms with Crippen molar-refractivity contribution in [3.63, 3.8) is 0 Å². The van der Waals surface area contributed by atoms with Gasteiger partial charge in [-0.15, -0.1) is 0 Å². The summed E-state index contributed by atoms with van der Waals surface area (Å²) in [6, 6.07) is 8.67. The van der Waals surface area contributed by atoms with Gasteiger partial charge >= 0.3 is 6.09 Å². The van der Waals surface area contributed by atoms with Crippen LogP contribution in [0.4, 0.5) is 4.79 Å². The minimum Gasteiger partial charge on any atom is -0.445 e. The minimum atomic E-state index is -0.627. The van der Waals surface area contributed by atoms with Crippen molar-refractivity contribution in [1.29, 1.82) is 0 Å². The Morgan fingerprint density at radius 1 is 1.33 bits per heavy atom. The van der Waals surface area contributed by atoms with Gasteiger partial charge in [0.05, 0.1) is 6.04 Å². The van der Waals surface area contributed by atoms with E-state index in [1.165, 1.54) is 0 Å². The Bertz CT molecular complexity index is 472. The van der Waals surface area contributed by atoms with Crippen molar-refractivity contribution in [3.8, 4) is 0 Å². The summed E-state index contributed by atoms with van der Waals surface area (Å²) >= 11 is 0. The Balaban J connectivity index is 2.27. The standard InChI is InChI=1S/C14H20N4O3/c15-13(16)17-8-4-7-12(9-19)18-14(20)21-10-11-5-2-1-3-6-11/h1-3,5-6,9,12H,4,7-8,10H2,(H,18,20)(H4,15,16,17)/t12-/m1/s1. The van der Waals surface area contributed by atoms with E-state index in [-0.39, 0.29) is 12.6 Å². The predicted molar refractivity (Wildman–Crippen MR) is 79.5 cm³/mol. The topological polar surface area (TPSA) is 120 Å². The first-order valence-corrected chi connectivity index (χ1v) is 6.59. The summed E-state index contributed by atoms with van der Waals surface area (Å²) in [5, 5.41) is 2.48. The largest absolute Gasteiger partial charge is 0.445 e. The maximum Gasteiger partial charge on any atom is 0.408 e. The summed E-state index contributed by atoms with van der Waals surface area (Å²) in [4.78, 5) is 26.3. The SMILES string of the molecule is NC(N)=NCCC[C@H](C=O)NC(=O)OCc1ccccc1. The van der Waals surface area contributed by atoms with Crippen molar-refractivity contribution in [2.75, 3.05) is 6.54 Å². The molecule has 0 spiro atoms. The number of nitrogens with zero attached hydrogens (tertiary/aromatic N) is 1. The first kappa shape index (κ1) is 16.5. The lowest BCUT2D eigenvalue weighted by molar-refractivity contribution is -0.109. The Morgan fingerprint density at radius 2 is 2.05 bits per heavy atom. The molecule has 0 radical (unpaired) electrons. The van der Waals surface area contributed by atoms with Gasteiger partial charge < -0.3 is 26.3 Å². The van der Waals surface area contributed by atoms with Crippen LogP contribution in [0.5, 0.6) is 0 Å². The molecular formula is C14H20N4O3. The molecule has 0 fully saturated rings. The van der Waals surface area contributed by atoms with Crippen molar-refractivity contribution in [2.24, 2.45) is 16.5 Å². The van der Waals surface area contributed by atoms with Crippen molar-refractivity contribution in [1.82, 2.24) is 5.32 Å². The molecule has 1 atom stereocenters. The number of carbonyl (C=O) groups excluding carboxylic acids is 2. The van der Waals surface area contributed by atoms with Crippen molar-refractivity contribution in [2.45, 2.75) is 25.5 Å². The van der Waals surface area contributed by atoms with Gasteiger partial charge in [0, 0.05) is 6.54 Å².